The van der Waals surface area contributed by atoms with E-state index in [0.29, 0.717) is 13.0 Å². The Balaban J connectivity index is 1.54. The van der Waals surface area contributed by atoms with Crippen molar-refractivity contribution >= 4 is 19.5 Å². The first-order valence-electron chi connectivity index (χ1n) is 13.2. The molecule has 0 saturated carbocycles. The van der Waals surface area contributed by atoms with Gasteiger partial charge >= 0.3 is 19.4 Å². The molecule has 1 unspecified atom stereocenters. The minimum Gasteiger partial charge on any atom is -0.464 e. The molecule has 0 aliphatic carbocycles. The van der Waals surface area contributed by atoms with Gasteiger partial charge in [0.25, 0.3) is 0 Å². The molecule has 2 aliphatic rings. The second-order valence-corrected chi connectivity index (χ2v) is 12.0. The molecule has 41 heavy (non-hydrogen) atoms. The van der Waals surface area contributed by atoms with Crippen LogP contribution in [-0.4, -0.2) is 72.1 Å². The number of aromatic nitrogens is 2. The Hall–Kier alpha value is -2.84. The summed E-state index contributed by atoms with van der Waals surface area (Å²) in [5, 5.41) is 2.65. The molecule has 0 radical (unpaired) electrons. The Morgan fingerprint density at radius 1 is 1.22 bits per heavy atom. The molecule has 2 fully saturated rings. The summed E-state index contributed by atoms with van der Waals surface area (Å²) >= 11 is 0. The molecule has 2 saturated heterocycles. The maximum absolute atomic E-state index is 14.0. The van der Waals surface area contributed by atoms with Gasteiger partial charge in [-0.25, -0.2) is 9.36 Å². The van der Waals surface area contributed by atoms with E-state index >= 15 is 0 Å². The van der Waals surface area contributed by atoms with Crippen molar-refractivity contribution in [2.45, 2.75) is 70.0 Å². The number of carbonyl (C=O) groups is 1. The van der Waals surface area contributed by atoms with Crippen LogP contribution in [0, 0.1) is 0 Å². The quantitative estimate of drug-likeness (QED) is 0.196. The summed E-state index contributed by atoms with van der Waals surface area (Å²) < 4.78 is 55.6. The van der Waals surface area contributed by atoms with Crippen LogP contribution in [-0.2, 0) is 37.6 Å². The molecule has 3 N–H and O–H groups in total. The van der Waals surface area contributed by atoms with Crippen molar-refractivity contribution < 1.29 is 42.1 Å². The van der Waals surface area contributed by atoms with Gasteiger partial charge < -0.3 is 33.9 Å². The lowest BCUT2D eigenvalue weighted by Gasteiger charge is -2.30. The zero-order chi connectivity index (χ0) is 29.8. The highest BCUT2D eigenvalue weighted by Crippen LogP contribution is 2.52. The number of nitrogens with two attached hydrogens (primary N) is 1. The maximum atomic E-state index is 14.0. The van der Waals surface area contributed by atoms with Gasteiger partial charge in [0.15, 0.2) is 12.0 Å². The van der Waals surface area contributed by atoms with Gasteiger partial charge in [-0.3, -0.25) is 13.9 Å². The van der Waals surface area contributed by atoms with E-state index in [2.05, 4.69) is 10.1 Å². The van der Waals surface area contributed by atoms with E-state index in [9.17, 15) is 14.2 Å². The summed E-state index contributed by atoms with van der Waals surface area (Å²) in [6.45, 7) is 6.96. The van der Waals surface area contributed by atoms with Crippen LogP contribution in [0.4, 0.5) is 5.82 Å². The highest BCUT2D eigenvalue weighted by Gasteiger charge is 2.64. The van der Waals surface area contributed by atoms with Crippen molar-refractivity contribution in [3.05, 3.63) is 53.1 Å². The number of ether oxygens (including phenoxy) is 5. The van der Waals surface area contributed by atoms with Gasteiger partial charge in [0, 0.05) is 26.3 Å². The third kappa shape index (κ3) is 7.33. The predicted octanol–water partition coefficient (Wildman–Crippen LogP) is 2.39. The number of para-hydroxylation sites is 1. The first-order valence-corrected chi connectivity index (χ1v) is 14.7. The largest absolute Gasteiger partial charge is 0.464 e. The van der Waals surface area contributed by atoms with Crippen molar-refractivity contribution in [1.29, 1.82) is 0 Å². The number of fused-ring (bicyclic) bond motifs is 1. The Morgan fingerprint density at radius 2 is 1.95 bits per heavy atom. The number of nitrogens with one attached hydrogen (secondary N) is 1. The topological polar surface area (TPSA) is 172 Å². The molecule has 0 amide bonds. The van der Waals surface area contributed by atoms with Crippen LogP contribution >= 0.6 is 7.75 Å². The number of nitrogen functional groups attached to an aromatic ring is 1. The van der Waals surface area contributed by atoms with Crippen LogP contribution in [0.25, 0.3) is 0 Å². The summed E-state index contributed by atoms with van der Waals surface area (Å²) in [7, 11) is -2.65. The fraction of sp³-hybridized carbons (Fsp3) is 0.577. The Morgan fingerprint density at radius 3 is 2.63 bits per heavy atom. The van der Waals surface area contributed by atoms with Crippen molar-refractivity contribution in [2.24, 2.45) is 0 Å². The Bertz CT molecular complexity index is 1310. The highest BCUT2D eigenvalue weighted by atomic mass is 31.2. The summed E-state index contributed by atoms with van der Waals surface area (Å²) in [6.07, 6.45) is -0.593. The second-order valence-electron chi connectivity index (χ2n) is 10.4. The molecule has 15 heteroatoms. The van der Waals surface area contributed by atoms with Gasteiger partial charge in [-0.05, 0) is 45.9 Å². The zero-order valence-corrected chi connectivity index (χ0v) is 24.6. The number of rotatable bonds is 13. The van der Waals surface area contributed by atoms with Crippen LogP contribution < -0.4 is 21.0 Å². The number of esters is 1. The lowest BCUT2D eigenvalue weighted by Crippen LogP contribution is -2.45. The van der Waals surface area contributed by atoms with E-state index in [0.717, 1.165) is 0 Å². The molecule has 226 valence electrons. The molecule has 2 aromatic rings. The summed E-state index contributed by atoms with van der Waals surface area (Å²) in [6, 6.07) is 8.80. The van der Waals surface area contributed by atoms with Crippen molar-refractivity contribution in [3.8, 4) is 5.75 Å². The van der Waals surface area contributed by atoms with E-state index in [1.165, 1.54) is 23.8 Å². The number of methoxy groups -OCH3 is 1. The van der Waals surface area contributed by atoms with Crippen molar-refractivity contribution in [2.75, 3.05) is 32.7 Å². The number of hydrogen-bond acceptors (Lipinski definition) is 12. The molecule has 6 atom stereocenters. The predicted molar refractivity (Wildman–Crippen MR) is 146 cm³/mol. The van der Waals surface area contributed by atoms with Crippen LogP contribution in [0.2, 0.25) is 0 Å². The molecular weight excluding hydrogens is 559 g/mol. The third-order valence-corrected chi connectivity index (χ3v) is 8.14. The average Bonchev–Trinajstić information content (AvgIpc) is 3.30. The molecule has 0 spiro atoms. The molecule has 1 aromatic heterocycles. The molecule has 4 rings (SSSR count). The fourth-order valence-electron chi connectivity index (χ4n) is 4.79. The maximum Gasteiger partial charge on any atom is 0.459 e. The van der Waals surface area contributed by atoms with Crippen LogP contribution in [0.1, 0.15) is 40.3 Å². The number of anilines is 1. The molecule has 1 aromatic carbocycles. The molecular formula is C26H37N4O10P. The minimum atomic E-state index is -4.20. The standard InChI is InChI=1S/C26H37N4O10P/c1-17(22(31)35-15-9-14-34-5)29-41(33,39-18-10-7-6-8-11-18)36-16-19-21-26(4,40-25(2,3)38-21)23(37-19)30-13-12-20(27)28-24(30)32/h6-8,10-13,17,19,21,23H,9,14-16H2,1-5H3,(H,29,33)(H2,27,28,32)/t17-,19+,21+,23+,26+,41?/m0/s1. The Kier molecular flexibility index (Phi) is 9.54. The van der Waals surface area contributed by atoms with Gasteiger partial charge in [-0.1, -0.05) is 18.2 Å². The SMILES string of the molecule is COCCCOC(=O)[C@H](C)NP(=O)(OC[C@H]1O[C@@H](n2ccc(N)nc2=O)[C@]2(C)OC(C)(C)O[C@H]12)Oc1ccccc1. The van der Waals surface area contributed by atoms with Gasteiger partial charge in [-0.15, -0.1) is 0 Å². The van der Waals surface area contributed by atoms with E-state index in [1.54, 1.807) is 58.2 Å². The lowest BCUT2D eigenvalue weighted by molar-refractivity contribution is -0.217. The normalized spacial score (nSPS) is 27.1. The van der Waals surface area contributed by atoms with Gasteiger partial charge in [0.1, 0.15) is 35.4 Å². The van der Waals surface area contributed by atoms with E-state index in [4.69, 9.17) is 38.5 Å². The first-order chi connectivity index (χ1) is 19.4. The molecule has 3 heterocycles. The van der Waals surface area contributed by atoms with Gasteiger partial charge in [0.05, 0.1) is 13.2 Å². The smallest absolute Gasteiger partial charge is 0.459 e. The van der Waals surface area contributed by atoms with Crippen LogP contribution in [0.15, 0.2) is 47.4 Å². The molecule has 14 nitrogen and oxygen atoms in total. The number of nitrogens with zero attached hydrogens (tertiary/aromatic N) is 2. The monoisotopic (exact) mass is 596 g/mol. The fourth-order valence-corrected chi connectivity index (χ4v) is 6.29. The van der Waals surface area contributed by atoms with Crippen LogP contribution in [0.3, 0.4) is 0 Å². The van der Waals surface area contributed by atoms with Gasteiger partial charge in [-0.2, -0.15) is 10.1 Å². The first kappa shape index (κ1) is 31.1. The van der Waals surface area contributed by atoms with Crippen LogP contribution in [0.5, 0.6) is 5.75 Å². The van der Waals surface area contributed by atoms with Gasteiger partial charge in [0.2, 0.25) is 0 Å². The zero-order valence-electron chi connectivity index (χ0n) is 23.7. The third-order valence-electron chi connectivity index (χ3n) is 6.50. The number of carbonyl (C=O) groups excluding carboxylic acids is 1. The highest BCUT2D eigenvalue weighted by molar-refractivity contribution is 7.52. The average molecular weight is 597 g/mol. The van der Waals surface area contributed by atoms with Crippen molar-refractivity contribution in [3.63, 3.8) is 0 Å². The van der Waals surface area contributed by atoms with E-state index in [1.807, 2.05) is 0 Å². The Labute approximate surface area is 237 Å². The van der Waals surface area contributed by atoms with E-state index < -0.39 is 55.3 Å². The number of hydrogen-bond donors (Lipinski definition) is 2. The summed E-state index contributed by atoms with van der Waals surface area (Å²) in [5.41, 5.74) is 3.89. The minimum absolute atomic E-state index is 0.0613. The lowest BCUT2D eigenvalue weighted by atomic mass is 9.96. The molecule has 2 aliphatic heterocycles. The summed E-state index contributed by atoms with van der Waals surface area (Å²) in [5.74, 6) is -1.35. The molecule has 0 bridgehead atoms. The van der Waals surface area contributed by atoms with Crippen molar-refractivity contribution in [1.82, 2.24) is 14.6 Å². The second kappa shape index (κ2) is 12.6. The summed E-state index contributed by atoms with van der Waals surface area (Å²) in [4.78, 5) is 29.0. The van der Waals surface area contributed by atoms with E-state index in [-0.39, 0.29) is 24.8 Å². The number of benzene rings is 1.